The van der Waals surface area contributed by atoms with Gasteiger partial charge < -0.3 is 21.5 Å². The Morgan fingerprint density at radius 1 is 1.29 bits per heavy atom. The Hall–Kier alpha value is -3.03. The van der Waals surface area contributed by atoms with Crippen molar-refractivity contribution in [1.82, 2.24) is 4.98 Å². The van der Waals surface area contributed by atoms with Crippen molar-refractivity contribution in [1.29, 1.82) is 0 Å². The zero-order chi connectivity index (χ0) is 15.2. The highest BCUT2D eigenvalue weighted by molar-refractivity contribution is 5.57. The van der Waals surface area contributed by atoms with Gasteiger partial charge in [-0.3, -0.25) is 10.1 Å². The highest BCUT2D eigenvalue weighted by Crippen LogP contribution is 2.20. The fourth-order valence-corrected chi connectivity index (χ4v) is 1.67. The highest BCUT2D eigenvalue weighted by atomic mass is 16.6. The summed E-state index contributed by atoms with van der Waals surface area (Å²) in [7, 11) is 0. The number of anilines is 3. The van der Waals surface area contributed by atoms with Gasteiger partial charge in [0, 0.05) is 17.8 Å². The van der Waals surface area contributed by atoms with Crippen LogP contribution in [0.3, 0.4) is 0 Å². The highest BCUT2D eigenvalue weighted by Gasteiger charge is 2.12. The third-order valence-electron chi connectivity index (χ3n) is 2.63. The lowest BCUT2D eigenvalue weighted by Crippen LogP contribution is -2.13. The van der Waals surface area contributed by atoms with Gasteiger partial charge in [-0.2, -0.15) is 0 Å². The number of nitrogen functional groups attached to an aromatic ring is 2. The molecule has 1 aromatic heterocycles. The van der Waals surface area contributed by atoms with E-state index in [1.807, 2.05) is 0 Å². The molecule has 1 heterocycles. The molecule has 0 radical (unpaired) electrons. The van der Waals surface area contributed by atoms with Crippen molar-refractivity contribution in [3.8, 4) is 5.75 Å². The number of nitrogens with zero attached hydrogens (tertiary/aromatic N) is 2. The molecule has 2 aromatic rings. The lowest BCUT2D eigenvalue weighted by Gasteiger charge is -2.08. The van der Waals surface area contributed by atoms with Gasteiger partial charge in [-0.05, 0) is 18.2 Å². The minimum atomic E-state index is -0.574. The monoisotopic (exact) mass is 289 g/mol. The van der Waals surface area contributed by atoms with Crippen LogP contribution in [0.5, 0.6) is 5.75 Å². The number of nitrogens with one attached hydrogen (secondary N) is 1. The Labute approximate surface area is 120 Å². The summed E-state index contributed by atoms with van der Waals surface area (Å²) >= 11 is 0. The predicted octanol–water partition coefficient (Wildman–Crippen LogP) is 1.65. The maximum Gasteiger partial charge on any atom is 0.311 e. The van der Waals surface area contributed by atoms with Crippen LogP contribution in [0.15, 0.2) is 36.4 Å². The first-order valence-corrected chi connectivity index (χ1v) is 6.19. The summed E-state index contributed by atoms with van der Waals surface area (Å²) in [6, 6.07) is 9.91. The summed E-state index contributed by atoms with van der Waals surface area (Å²) in [5, 5.41) is 13.6. The van der Waals surface area contributed by atoms with Crippen molar-refractivity contribution in [2.45, 2.75) is 0 Å². The van der Waals surface area contributed by atoms with Crippen LogP contribution in [0.1, 0.15) is 0 Å². The molecule has 0 bridgehead atoms. The molecule has 8 nitrogen and oxygen atoms in total. The summed E-state index contributed by atoms with van der Waals surface area (Å²) in [6.45, 7) is 0.862. The normalized spacial score (nSPS) is 10.1. The fraction of sp³-hybridized carbons (Fsp3) is 0.154. The largest absolute Gasteiger partial charge is 0.492 e. The number of hydrogen-bond donors (Lipinski definition) is 3. The quantitative estimate of drug-likeness (QED) is 0.319. The molecule has 5 N–H and O–H groups in total. The molecule has 0 saturated heterocycles. The summed E-state index contributed by atoms with van der Waals surface area (Å²) in [4.78, 5) is 13.9. The van der Waals surface area contributed by atoms with Gasteiger partial charge in [0.15, 0.2) is 0 Å². The maximum absolute atomic E-state index is 10.6. The predicted molar refractivity (Wildman–Crippen MR) is 80.1 cm³/mol. The zero-order valence-corrected chi connectivity index (χ0v) is 11.2. The van der Waals surface area contributed by atoms with Crippen LogP contribution in [0.2, 0.25) is 0 Å². The van der Waals surface area contributed by atoms with E-state index in [0.717, 1.165) is 0 Å². The van der Waals surface area contributed by atoms with E-state index in [2.05, 4.69) is 10.3 Å². The van der Waals surface area contributed by atoms with Crippen molar-refractivity contribution in [2.75, 3.05) is 29.9 Å². The van der Waals surface area contributed by atoms with Gasteiger partial charge >= 0.3 is 5.69 Å². The summed E-state index contributed by atoms with van der Waals surface area (Å²) in [5.74, 6) is 1.00. The summed E-state index contributed by atoms with van der Waals surface area (Å²) in [6.07, 6.45) is 0. The Balaban J connectivity index is 1.84. The summed E-state index contributed by atoms with van der Waals surface area (Å²) in [5.41, 5.74) is 11.5. The van der Waals surface area contributed by atoms with Crippen molar-refractivity contribution >= 4 is 23.0 Å². The number of benzene rings is 1. The molecule has 1 aromatic carbocycles. The second kappa shape index (κ2) is 6.42. The molecule has 0 unspecified atom stereocenters. The molecule has 110 valence electrons. The van der Waals surface area contributed by atoms with Crippen LogP contribution in [-0.4, -0.2) is 23.1 Å². The molecule has 2 rings (SSSR count). The number of rotatable bonds is 6. The van der Waals surface area contributed by atoms with E-state index in [-0.39, 0.29) is 11.5 Å². The van der Waals surface area contributed by atoms with Crippen molar-refractivity contribution in [3.05, 3.63) is 46.5 Å². The Bertz CT molecular complexity index is 647. The van der Waals surface area contributed by atoms with Crippen molar-refractivity contribution in [3.63, 3.8) is 0 Å². The van der Waals surface area contributed by atoms with E-state index >= 15 is 0 Å². The SMILES string of the molecule is Nc1cccc(OCCNc2ccc([N+](=O)[O-])c(N)n2)c1. The molecular weight excluding hydrogens is 274 g/mol. The van der Waals surface area contributed by atoms with E-state index in [1.165, 1.54) is 12.1 Å². The average molecular weight is 289 g/mol. The van der Waals surface area contributed by atoms with Gasteiger partial charge in [-0.15, -0.1) is 0 Å². The molecule has 0 aliphatic heterocycles. The van der Waals surface area contributed by atoms with Crippen LogP contribution in [0.25, 0.3) is 0 Å². The standard InChI is InChI=1S/C13H15N5O3/c14-9-2-1-3-10(8-9)21-7-6-16-12-5-4-11(18(19)20)13(15)17-12/h1-5,8H,6-7,14H2,(H3,15,16,17). The van der Waals surface area contributed by atoms with Crippen LogP contribution < -0.4 is 21.5 Å². The topological polar surface area (TPSA) is 129 Å². The molecule has 0 aliphatic rings. The van der Waals surface area contributed by atoms with E-state index in [1.54, 1.807) is 24.3 Å². The zero-order valence-electron chi connectivity index (χ0n) is 11.2. The minimum Gasteiger partial charge on any atom is -0.492 e. The summed E-state index contributed by atoms with van der Waals surface area (Å²) < 4.78 is 5.49. The third-order valence-corrected chi connectivity index (χ3v) is 2.63. The van der Waals surface area contributed by atoms with E-state index in [4.69, 9.17) is 16.2 Å². The van der Waals surface area contributed by atoms with Gasteiger partial charge in [-0.1, -0.05) is 6.07 Å². The third kappa shape index (κ3) is 3.96. The molecule has 8 heteroatoms. The van der Waals surface area contributed by atoms with Gasteiger partial charge in [0.1, 0.15) is 18.2 Å². The smallest absolute Gasteiger partial charge is 0.311 e. The van der Waals surface area contributed by atoms with Crippen LogP contribution >= 0.6 is 0 Å². The number of nitro groups is 1. The lowest BCUT2D eigenvalue weighted by atomic mass is 10.3. The van der Waals surface area contributed by atoms with Crippen molar-refractivity contribution < 1.29 is 9.66 Å². The molecule has 0 fully saturated rings. The number of ether oxygens (including phenoxy) is 1. The molecule has 0 amide bonds. The Kier molecular flexibility index (Phi) is 4.39. The fourth-order valence-electron chi connectivity index (χ4n) is 1.67. The second-order valence-corrected chi connectivity index (χ2v) is 4.21. The van der Waals surface area contributed by atoms with Gasteiger partial charge in [0.25, 0.3) is 0 Å². The van der Waals surface area contributed by atoms with E-state index in [9.17, 15) is 10.1 Å². The molecule has 0 atom stereocenters. The molecule has 0 saturated carbocycles. The number of pyridine rings is 1. The van der Waals surface area contributed by atoms with Crippen LogP contribution in [0, 0.1) is 10.1 Å². The Morgan fingerprint density at radius 3 is 2.76 bits per heavy atom. The first kappa shape index (κ1) is 14.4. The average Bonchev–Trinajstić information content (AvgIpc) is 2.43. The van der Waals surface area contributed by atoms with E-state index in [0.29, 0.717) is 30.4 Å². The minimum absolute atomic E-state index is 0.123. The van der Waals surface area contributed by atoms with Crippen LogP contribution in [0.4, 0.5) is 23.0 Å². The maximum atomic E-state index is 10.6. The molecule has 0 aliphatic carbocycles. The number of hydrogen-bond acceptors (Lipinski definition) is 7. The molecule has 21 heavy (non-hydrogen) atoms. The first-order chi connectivity index (χ1) is 10.1. The van der Waals surface area contributed by atoms with Gasteiger partial charge in [0.05, 0.1) is 11.5 Å². The Morgan fingerprint density at radius 2 is 2.10 bits per heavy atom. The number of nitrogens with two attached hydrogens (primary N) is 2. The van der Waals surface area contributed by atoms with Crippen LogP contribution in [-0.2, 0) is 0 Å². The lowest BCUT2D eigenvalue weighted by molar-refractivity contribution is -0.384. The molecule has 0 spiro atoms. The second-order valence-electron chi connectivity index (χ2n) is 4.21. The number of aromatic nitrogens is 1. The van der Waals surface area contributed by atoms with Crippen molar-refractivity contribution in [2.24, 2.45) is 0 Å². The molecular formula is C13H15N5O3. The van der Waals surface area contributed by atoms with Gasteiger partial charge in [0.2, 0.25) is 5.82 Å². The van der Waals surface area contributed by atoms with Gasteiger partial charge in [-0.25, -0.2) is 4.98 Å². The van der Waals surface area contributed by atoms with E-state index < -0.39 is 4.92 Å². The first-order valence-electron chi connectivity index (χ1n) is 6.19.